The molecule has 0 aliphatic heterocycles. The van der Waals surface area contributed by atoms with E-state index in [1.54, 1.807) is 17.5 Å². The zero-order valence-electron chi connectivity index (χ0n) is 8.19. The average molecular weight is 199 g/mol. The van der Waals surface area contributed by atoms with Crippen molar-refractivity contribution >= 4 is 16.8 Å². The molecule has 3 rings (SSSR count). The van der Waals surface area contributed by atoms with Crippen molar-refractivity contribution in [1.29, 1.82) is 0 Å². The molecule has 0 aliphatic rings. The second-order valence-electron chi connectivity index (χ2n) is 3.55. The number of nitrogens with one attached hydrogen (secondary N) is 1. The van der Waals surface area contributed by atoms with E-state index in [1.165, 1.54) is 0 Å². The number of H-pyrrole nitrogens is 1. The Labute approximate surface area is 85.2 Å². The minimum absolute atomic E-state index is 0.0162. The Kier molecular flexibility index (Phi) is 1.48. The number of imidazole rings is 1. The van der Waals surface area contributed by atoms with Crippen LogP contribution in [0.25, 0.3) is 16.8 Å². The van der Waals surface area contributed by atoms with Gasteiger partial charge in [0.15, 0.2) is 0 Å². The fourth-order valence-corrected chi connectivity index (χ4v) is 1.75. The van der Waals surface area contributed by atoms with E-state index in [0.29, 0.717) is 11.3 Å². The van der Waals surface area contributed by atoms with Gasteiger partial charge in [-0.2, -0.15) is 0 Å². The van der Waals surface area contributed by atoms with Crippen LogP contribution in [-0.4, -0.2) is 14.4 Å². The van der Waals surface area contributed by atoms with Crippen LogP contribution in [0.3, 0.4) is 0 Å². The van der Waals surface area contributed by atoms with E-state index >= 15 is 0 Å². The zero-order chi connectivity index (χ0) is 10.4. The molecule has 0 amide bonds. The highest BCUT2D eigenvalue weighted by Crippen LogP contribution is 2.12. The van der Waals surface area contributed by atoms with Gasteiger partial charge in [0.2, 0.25) is 5.78 Å². The van der Waals surface area contributed by atoms with Crippen LogP contribution in [0, 0.1) is 6.92 Å². The van der Waals surface area contributed by atoms with Crippen molar-refractivity contribution in [3.63, 3.8) is 0 Å². The lowest BCUT2D eigenvalue weighted by atomic mass is 10.3. The predicted octanol–water partition coefficient (Wildman–Crippen LogP) is 1.48. The van der Waals surface area contributed by atoms with Crippen molar-refractivity contribution in [3.05, 3.63) is 46.4 Å². The summed E-state index contributed by atoms with van der Waals surface area (Å²) < 4.78 is 1.60. The molecule has 2 heterocycles. The third-order valence-electron chi connectivity index (χ3n) is 2.52. The normalized spacial score (nSPS) is 11.3. The molecule has 0 spiro atoms. The average Bonchev–Trinajstić information content (AvgIpc) is 2.62. The molecule has 4 nitrogen and oxygen atoms in total. The second kappa shape index (κ2) is 2.70. The van der Waals surface area contributed by atoms with Gasteiger partial charge in [0.05, 0.1) is 11.0 Å². The van der Waals surface area contributed by atoms with Gasteiger partial charge in [0.25, 0.3) is 5.56 Å². The van der Waals surface area contributed by atoms with Gasteiger partial charge in [0, 0.05) is 11.8 Å². The highest BCUT2D eigenvalue weighted by Gasteiger charge is 2.06. The van der Waals surface area contributed by atoms with E-state index in [-0.39, 0.29) is 5.56 Å². The first-order valence-electron chi connectivity index (χ1n) is 4.72. The van der Waals surface area contributed by atoms with Crippen LogP contribution >= 0.6 is 0 Å². The number of aromatic nitrogens is 3. The summed E-state index contributed by atoms with van der Waals surface area (Å²) in [5, 5.41) is 0. The van der Waals surface area contributed by atoms with Crippen molar-refractivity contribution < 1.29 is 0 Å². The number of benzene rings is 1. The molecule has 74 valence electrons. The Bertz CT molecular complexity index is 708. The molecule has 0 fully saturated rings. The lowest BCUT2D eigenvalue weighted by molar-refractivity contribution is 1.05. The Morgan fingerprint density at radius 1 is 1.33 bits per heavy atom. The summed E-state index contributed by atoms with van der Waals surface area (Å²) in [5.74, 6) is 0.590. The Balaban J connectivity index is 2.69. The molecule has 1 aromatic carbocycles. The molecule has 3 aromatic rings. The van der Waals surface area contributed by atoms with Gasteiger partial charge < -0.3 is 4.98 Å². The molecular weight excluding hydrogens is 190 g/mol. The Morgan fingerprint density at radius 3 is 3.00 bits per heavy atom. The number of aromatic amines is 1. The standard InChI is InChI=1S/C11H9N3O/c1-7-6-12-11-13-8-4-2-3-5-9(8)14(11)10(7)15/h2-6H,1H3,(H,12,13). The summed E-state index contributed by atoms with van der Waals surface area (Å²) in [6.45, 7) is 1.77. The Hall–Kier alpha value is -2.10. The summed E-state index contributed by atoms with van der Waals surface area (Å²) in [6.07, 6.45) is 1.59. The van der Waals surface area contributed by atoms with Crippen molar-refractivity contribution in [2.24, 2.45) is 0 Å². The summed E-state index contributed by atoms with van der Waals surface area (Å²) >= 11 is 0. The molecule has 4 heteroatoms. The lowest BCUT2D eigenvalue weighted by Crippen LogP contribution is -2.15. The number of rotatable bonds is 0. The number of hydrogen-bond donors (Lipinski definition) is 1. The zero-order valence-corrected chi connectivity index (χ0v) is 8.19. The summed E-state index contributed by atoms with van der Waals surface area (Å²) in [6, 6.07) is 7.67. The molecule has 15 heavy (non-hydrogen) atoms. The monoisotopic (exact) mass is 199 g/mol. The van der Waals surface area contributed by atoms with Crippen LogP contribution in [0.2, 0.25) is 0 Å². The van der Waals surface area contributed by atoms with Gasteiger partial charge in [-0.05, 0) is 19.1 Å². The molecular formula is C11H9N3O. The number of hydrogen-bond acceptors (Lipinski definition) is 2. The molecule has 0 saturated carbocycles. The van der Waals surface area contributed by atoms with Crippen molar-refractivity contribution in [1.82, 2.24) is 14.4 Å². The number of aryl methyl sites for hydroxylation is 1. The highest BCUT2D eigenvalue weighted by atomic mass is 16.1. The maximum Gasteiger partial charge on any atom is 0.262 e. The fourth-order valence-electron chi connectivity index (χ4n) is 1.75. The quantitative estimate of drug-likeness (QED) is 0.596. The summed E-state index contributed by atoms with van der Waals surface area (Å²) in [7, 11) is 0. The first-order valence-corrected chi connectivity index (χ1v) is 4.72. The second-order valence-corrected chi connectivity index (χ2v) is 3.55. The molecule has 0 aliphatic carbocycles. The largest absolute Gasteiger partial charge is 0.323 e. The van der Waals surface area contributed by atoms with Gasteiger partial charge in [-0.15, -0.1) is 0 Å². The van der Waals surface area contributed by atoms with E-state index in [0.717, 1.165) is 11.0 Å². The third-order valence-corrected chi connectivity index (χ3v) is 2.52. The van der Waals surface area contributed by atoms with Gasteiger partial charge in [-0.25, -0.2) is 9.38 Å². The van der Waals surface area contributed by atoms with Gasteiger partial charge >= 0.3 is 0 Å². The van der Waals surface area contributed by atoms with E-state index in [2.05, 4.69) is 9.97 Å². The third kappa shape index (κ3) is 1.01. The molecule has 0 atom stereocenters. The molecule has 0 saturated heterocycles. The lowest BCUT2D eigenvalue weighted by Gasteiger charge is -1.94. The van der Waals surface area contributed by atoms with Crippen LogP contribution in [0.1, 0.15) is 5.56 Å². The van der Waals surface area contributed by atoms with Crippen molar-refractivity contribution in [3.8, 4) is 0 Å². The Morgan fingerprint density at radius 2 is 2.13 bits per heavy atom. The van der Waals surface area contributed by atoms with E-state index in [1.807, 2.05) is 24.3 Å². The minimum atomic E-state index is -0.0162. The van der Waals surface area contributed by atoms with Crippen LogP contribution in [0.15, 0.2) is 35.3 Å². The topological polar surface area (TPSA) is 50.2 Å². The van der Waals surface area contributed by atoms with E-state index < -0.39 is 0 Å². The van der Waals surface area contributed by atoms with Crippen LogP contribution in [0.4, 0.5) is 0 Å². The summed E-state index contributed by atoms with van der Waals surface area (Å²) in [4.78, 5) is 19.2. The maximum absolute atomic E-state index is 11.9. The maximum atomic E-state index is 11.9. The SMILES string of the molecule is Cc1cnc2[nH]c3ccccc3n2c1=O. The van der Waals surface area contributed by atoms with Crippen LogP contribution in [0.5, 0.6) is 0 Å². The summed E-state index contributed by atoms with van der Waals surface area (Å²) in [5.41, 5.74) is 2.43. The smallest absolute Gasteiger partial charge is 0.262 e. The number of para-hydroxylation sites is 2. The molecule has 2 aromatic heterocycles. The number of nitrogens with zero attached hydrogens (tertiary/aromatic N) is 2. The fraction of sp³-hybridized carbons (Fsp3) is 0.0909. The van der Waals surface area contributed by atoms with Gasteiger partial charge in [0.1, 0.15) is 0 Å². The molecule has 0 radical (unpaired) electrons. The van der Waals surface area contributed by atoms with Crippen molar-refractivity contribution in [2.45, 2.75) is 6.92 Å². The highest BCUT2D eigenvalue weighted by molar-refractivity contribution is 5.79. The van der Waals surface area contributed by atoms with Gasteiger partial charge in [-0.1, -0.05) is 12.1 Å². The first kappa shape index (κ1) is 8.23. The van der Waals surface area contributed by atoms with Crippen LogP contribution < -0.4 is 5.56 Å². The number of fused-ring (bicyclic) bond motifs is 3. The van der Waals surface area contributed by atoms with E-state index in [9.17, 15) is 4.79 Å². The molecule has 0 unspecified atom stereocenters. The van der Waals surface area contributed by atoms with Gasteiger partial charge in [-0.3, -0.25) is 4.79 Å². The molecule has 1 N–H and O–H groups in total. The first-order chi connectivity index (χ1) is 7.27. The van der Waals surface area contributed by atoms with Crippen LogP contribution in [-0.2, 0) is 0 Å². The van der Waals surface area contributed by atoms with E-state index in [4.69, 9.17) is 0 Å². The molecule has 0 bridgehead atoms. The minimum Gasteiger partial charge on any atom is -0.323 e. The predicted molar refractivity (Wildman–Crippen MR) is 58.1 cm³/mol. The van der Waals surface area contributed by atoms with Crippen molar-refractivity contribution in [2.75, 3.05) is 0 Å².